The molecule has 0 aliphatic carbocycles. The van der Waals surface area contributed by atoms with Crippen molar-refractivity contribution in [2.24, 2.45) is 0 Å². The van der Waals surface area contributed by atoms with Gasteiger partial charge in [0.1, 0.15) is 23.7 Å². The summed E-state index contributed by atoms with van der Waals surface area (Å²) >= 11 is 5.91. The minimum Gasteiger partial charge on any atom is -0.507 e. The number of aromatic hydroxyl groups is 1. The summed E-state index contributed by atoms with van der Waals surface area (Å²) < 4.78 is 53.4. The molecule has 4 aromatic rings. The van der Waals surface area contributed by atoms with Crippen LogP contribution >= 0.6 is 11.6 Å². The number of carboxylic acid groups (broad SMARTS) is 1. The van der Waals surface area contributed by atoms with E-state index in [4.69, 9.17) is 11.6 Å². The molecule has 0 radical (unpaired) electrons. The number of likely N-dealkylation sites (tertiary alicyclic amines) is 1. The van der Waals surface area contributed by atoms with E-state index in [0.29, 0.717) is 34.2 Å². The van der Waals surface area contributed by atoms with Crippen LogP contribution in [0.2, 0.25) is 5.02 Å². The second kappa shape index (κ2) is 13.2. The van der Waals surface area contributed by atoms with E-state index in [2.05, 4.69) is 5.32 Å². The maximum Gasteiger partial charge on any atom is 0.416 e. The number of nitrogens with zero attached hydrogens (tertiary/aromatic N) is 1. The van der Waals surface area contributed by atoms with E-state index < -0.39 is 53.2 Å². The van der Waals surface area contributed by atoms with Crippen molar-refractivity contribution in [3.63, 3.8) is 0 Å². The molecule has 7 nitrogen and oxygen atoms in total. The van der Waals surface area contributed by atoms with Crippen LogP contribution < -0.4 is 5.32 Å². The lowest BCUT2D eigenvalue weighted by Crippen LogP contribution is -2.52. The summed E-state index contributed by atoms with van der Waals surface area (Å²) in [6, 6.07) is 17.0. The number of carbonyl (C=O) groups is 3. The van der Waals surface area contributed by atoms with Gasteiger partial charge in [-0.05, 0) is 77.1 Å². The number of amides is 2. The zero-order chi connectivity index (χ0) is 33.2. The monoisotopic (exact) mass is 654 g/mol. The number of phenolic OH excluding ortho intramolecular Hbond substituents is 1. The minimum atomic E-state index is -4.51. The summed E-state index contributed by atoms with van der Waals surface area (Å²) in [7, 11) is 0. The van der Waals surface area contributed by atoms with Gasteiger partial charge in [-0.1, -0.05) is 60.1 Å². The normalized spacial score (nSPS) is 15.4. The Hall–Kier alpha value is -4.90. The van der Waals surface area contributed by atoms with Crippen LogP contribution in [0.4, 0.5) is 17.6 Å². The van der Waals surface area contributed by atoms with Gasteiger partial charge in [0.05, 0.1) is 16.1 Å². The first-order valence-electron chi connectivity index (χ1n) is 14.2. The van der Waals surface area contributed by atoms with Crippen LogP contribution in [-0.4, -0.2) is 51.5 Å². The van der Waals surface area contributed by atoms with Crippen molar-refractivity contribution in [2.45, 2.75) is 37.5 Å². The quantitative estimate of drug-likeness (QED) is 0.178. The van der Waals surface area contributed by atoms with Crippen LogP contribution in [0.3, 0.4) is 0 Å². The average Bonchev–Trinajstić information content (AvgIpc) is 3.53. The van der Waals surface area contributed by atoms with Crippen molar-refractivity contribution < 1.29 is 42.2 Å². The summed E-state index contributed by atoms with van der Waals surface area (Å²) in [4.78, 5) is 40.3. The third-order valence-corrected chi connectivity index (χ3v) is 8.13. The molecule has 12 heteroatoms. The standard InChI is InChI=1S/C34H27ClF4N2O5/c35-26-18-23(10-12-27(26)36)22-11-13-30(42)25(17-22)31(43)40-28(32(44)41-14-2-5-29(41)33(45)46)15-19-6-8-20(9-7-19)21-3-1-4-24(16-21)34(37,38)39/h1,3-4,6-13,16-18,28-29,42H,2,5,14-15H2,(H,40,43)(H,45,46)/t28-,29-/m0/s1. The van der Waals surface area contributed by atoms with Crippen LogP contribution in [-0.2, 0) is 22.2 Å². The van der Waals surface area contributed by atoms with Crippen molar-refractivity contribution in [2.75, 3.05) is 6.54 Å². The van der Waals surface area contributed by atoms with Gasteiger partial charge in [0.15, 0.2) is 0 Å². The SMILES string of the molecule is O=C(N[C@@H](Cc1ccc(-c2cccc(C(F)(F)F)c2)cc1)C(=O)N1CCC[C@H]1C(=O)O)c1cc(-c2ccc(F)c(Cl)c2)ccc1O. The van der Waals surface area contributed by atoms with Gasteiger partial charge in [-0.25, -0.2) is 9.18 Å². The summed E-state index contributed by atoms with van der Waals surface area (Å²) in [5.41, 5.74) is 1.29. The first kappa shape index (κ1) is 32.5. The van der Waals surface area contributed by atoms with Gasteiger partial charge < -0.3 is 20.4 Å². The van der Waals surface area contributed by atoms with Gasteiger partial charge >= 0.3 is 12.1 Å². The van der Waals surface area contributed by atoms with Crippen molar-refractivity contribution in [1.29, 1.82) is 0 Å². The second-order valence-electron chi connectivity index (χ2n) is 10.9. The summed E-state index contributed by atoms with van der Waals surface area (Å²) in [6.45, 7) is 0.169. The third kappa shape index (κ3) is 7.15. The Morgan fingerprint density at radius 1 is 0.913 bits per heavy atom. The smallest absolute Gasteiger partial charge is 0.416 e. The Labute approximate surface area is 266 Å². The number of carbonyl (C=O) groups excluding carboxylic acids is 2. The molecular weight excluding hydrogens is 628 g/mol. The molecule has 0 bridgehead atoms. The van der Waals surface area contributed by atoms with E-state index in [1.54, 1.807) is 24.3 Å². The number of hydrogen-bond acceptors (Lipinski definition) is 4. The zero-order valence-corrected chi connectivity index (χ0v) is 24.8. The van der Waals surface area contributed by atoms with Crippen LogP contribution in [0.25, 0.3) is 22.3 Å². The highest BCUT2D eigenvalue weighted by molar-refractivity contribution is 6.31. The molecule has 0 unspecified atom stereocenters. The van der Waals surface area contributed by atoms with E-state index in [0.717, 1.165) is 18.2 Å². The summed E-state index contributed by atoms with van der Waals surface area (Å²) in [6.07, 6.45) is -3.88. The summed E-state index contributed by atoms with van der Waals surface area (Å²) in [5, 5.41) is 22.7. The van der Waals surface area contributed by atoms with Crippen LogP contribution in [0.15, 0.2) is 84.9 Å². The van der Waals surface area contributed by atoms with E-state index in [-0.39, 0.29) is 30.0 Å². The minimum absolute atomic E-state index is 0.0791. The third-order valence-electron chi connectivity index (χ3n) is 7.84. The van der Waals surface area contributed by atoms with Gasteiger partial charge in [0.2, 0.25) is 5.91 Å². The maximum absolute atomic E-state index is 13.7. The first-order chi connectivity index (χ1) is 21.8. The Kier molecular flexibility index (Phi) is 9.34. The maximum atomic E-state index is 13.7. The number of alkyl halides is 3. The van der Waals surface area contributed by atoms with Crippen LogP contribution in [0, 0.1) is 5.82 Å². The van der Waals surface area contributed by atoms with E-state index in [1.165, 1.54) is 47.4 Å². The Bertz CT molecular complexity index is 1800. The first-order valence-corrected chi connectivity index (χ1v) is 14.6. The zero-order valence-electron chi connectivity index (χ0n) is 24.0. The Morgan fingerprint density at radius 2 is 1.57 bits per heavy atom. The van der Waals surface area contributed by atoms with Crippen LogP contribution in [0.5, 0.6) is 5.75 Å². The van der Waals surface area contributed by atoms with Crippen molar-refractivity contribution in [1.82, 2.24) is 10.2 Å². The predicted octanol–water partition coefficient (Wildman–Crippen LogP) is 6.95. The molecule has 3 N–H and O–H groups in total. The number of benzene rings is 4. The molecule has 46 heavy (non-hydrogen) atoms. The Morgan fingerprint density at radius 3 is 2.24 bits per heavy atom. The van der Waals surface area contributed by atoms with Gasteiger partial charge in [-0.15, -0.1) is 0 Å². The van der Waals surface area contributed by atoms with Gasteiger partial charge in [-0.3, -0.25) is 9.59 Å². The molecule has 238 valence electrons. The van der Waals surface area contributed by atoms with Crippen molar-refractivity contribution in [3.05, 3.63) is 112 Å². The lowest BCUT2D eigenvalue weighted by atomic mass is 9.98. The van der Waals surface area contributed by atoms with Gasteiger partial charge in [0.25, 0.3) is 5.91 Å². The molecule has 4 aromatic carbocycles. The second-order valence-corrected chi connectivity index (χ2v) is 11.3. The van der Waals surface area contributed by atoms with E-state index >= 15 is 0 Å². The lowest BCUT2D eigenvalue weighted by molar-refractivity contribution is -0.148. The molecule has 1 saturated heterocycles. The number of rotatable bonds is 8. The molecule has 1 heterocycles. The largest absolute Gasteiger partial charge is 0.507 e. The van der Waals surface area contributed by atoms with Crippen molar-refractivity contribution >= 4 is 29.4 Å². The van der Waals surface area contributed by atoms with Gasteiger partial charge in [-0.2, -0.15) is 13.2 Å². The molecule has 1 aliphatic rings. The number of carboxylic acids is 1. The molecule has 0 spiro atoms. The number of hydrogen-bond donors (Lipinski definition) is 3. The molecular formula is C34H27ClF4N2O5. The molecule has 2 amide bonds. The highest BCUT2D eigenvalue weighted by Crippen LogP contribution is 2.33. The average molecular weight is 655 g/mol. The van der Waals surface area contributed by atoms with Gasteiger partial charge in [0, 0.05) is 13.0 Å². The number of halogens is 5. The summed E-state index contributed by atoms with van der Waals surface area (Å²) in [5.74, 6) is -3.66. The highest BCUT2D eigenvalue weighted by Gasteiger charge is 2.38. The fourth-order valence-corrected chi connectivity index (χ4v) is 5.62. The highest BCUT2D eigenvalue weighted by atomic mass is 35.5. The molecule has 0 aromatic heterocycles. The topological polar surface area (TPSA) is 107 Å². The van der Waals surface area contributed by atoms with E-state index in [9.17, 15) is 42.2 Å². The predicted molar refractivity (Wildman–Crippen MR) is 163 cm³/mol. The van der Waals surface area contributed by atoms with Crippen LogP contribution in [0.1, 0.15) is 34.3 Å². The lowest BCUT2D eigenvalue weighted by Gasteiger charge is -2.27. The van der Waals surface area contributed by atoms with E-state index in [1.807, 2.05) is 0 Å². The Balaban J connectivity index is 1.43. The molecule has 1 fully saturated rings. The molecule has 2 atom stereocenters. The molecule has 0 saturated carbocycles. The fraction of sp³-hybridized carbons (Fsp3) is 0.206. The number of aliphatic carboxylic acids is 1. The molecule has 5 rings (SSSR count). The van der Waals surface area contributed by atoms with Crippen molar-refractivity contribution in [3.8, 4) is 28.0 Å². The number of phenols is 1. The number of nitrogens with one attached hydrogen (secondary N) is 1. The fourth-order valence-electron chi connectivity index (χ4n) is 5.44. The molecule has 1 aliphatic heterocycles.